The molecule has 3 unspecified atom stereocenters. The van der Waals surface area contributed by atoms with Gasteiger partial charge in [0.1, 0.15) is 0 Å². The quantitative estimate of drug-likeness (QED) is 0.924. The molecule has 2 saturated heterocycles. The zero-order valence-corrected chi connectivity index (χ0v) is 12.8. The summed E-state index contributed by atoms with van der Waals surface area (Å²) in [5.41, 5.74) is 0.160. The summed E-state index contributed by atoms with van der Waals surface area (Å²) in [7, 11) is 2.06. The molecule has 1 saturated carbocycles. The smallest absolute Gasteiger partial charge is 0.228 e. The van der Waals surface area contributed by atoms with Gasteiger partial charge in [-0.25, -0.2) is 0 Å². The molecule has 1 N–H and O–H groups in total. The van der Waals surface area contributed by atoms with Crippen molar-refractivity contribution in [1.29, 1.82) is 0 Å². The van der Waals surface area contributed by atoms with E-state index in [4.69, 9.17) is 14.2 Å². The van der Waals surface area contributed by atoms with Gasteiger partial charge in [-0.1, -0.05) is 24.4 Å². The maximum Gasteiger partial charge on any atom is 0.228 e. The van der Waals surface area contributed by atoms with Gasteiger partial charge < -0.3 is 14.6 Å². The van der Waals surface area contributed by atoms with Crippen LogP contribution in [0.1, 0.15) is 69.0 Å². The van der Waals surface area contributed by atoms with Gasteiger partial charge in [0.2, 0.25) is 5.89 Å². The van der Waals surface area contributed by atoms with Crippen molar-refractivity contribution in [2.24, 2.45) is 0 Å². The SMILES string of the molecule is CNC1(Cc2nc(C3CC4CCC3O4)no2)CCCCC1. The normalized spacial score (nSPS) is 34.4. The first-order valence-electron chi connectivity index (χ1n) is 8.45. The zero-order chi connectivity index (χ0) is 14.3. The predicted octanol–water partition coefficient (Wildman–Crippen LogP) is 2.57. The molecule has 1 aromatic rings. The van der Waals surface area contributed by atoms with Crippen LogP contribution < -0.4 is 5.32 Å². The third-order valence-electron chi connectivity index (χ3n) is 5.75. The Labute approximate surface area is 125 Å². The Morgan fingerprint density at radius 2 is 2.10 bits per heavy atom. The molecule has 3 aliphatic rings. The molecule has 3 fully saturated rings. The van der Waals surface area contributed by atoms with Gasteiger partial charge in [0.15, 0.2) is 5.82 Å². The number of rotatable bonds is 4. The Kier molecular flexibility index (Phi) is 3.50. The first kappa shape index (κ1) is 13.7. The second-order valence-corrected chi connectivity index (χ2v) is 7.03. The van der Waals surface area contributed by atoms with Crippen LogP contribution in [0.5, 0.6) is 0 Å². The molecule has 1 aliphatic carbocycles. The van der Waals surface area contributed by atoms with Crippen molar-refractivity contribution in [1.82, 2.24) is 15.5 Å². The molecular formula is C16H25N3O2. The first-order chi connectivity index (χ1) is 10.3. The zero-order valence-electron chi connectivity index (χ0n) is 12.8. The molecule has 116 valence electrons. The van der Waals surface area contributed by atoms with Crippen molar-refractivity contribution < 1.29 is 9.26 Å². The van der Waals surface area contributed by atoms with Gasteiger partial charge in [0.05, 0.1) is 18.1 Å². The lowest BCUT2D eigenvalue weighted by molar-refractivity contribution is 0.0996. The average molecular weight is 291 g/mol. The highest BCUT2D eigenvalue weighted by Gasteiger charge is 2.44. The molecule has 0 aromatic carbocycles. The lowest BCUT2D eigenvalue weighted by Gasteiger charge is -2.36. The molecule has 0 radical (unpaired) electrons. The largest absolute Gasteiger partial charge is 0.374 e. The van der Waals surface area contributed by atoms with Gasteiger partial charge in [-0.3, -0.25) is 0 Å². The monoisotopic (exact) mass is 291 g/mol. The fraction of sp³-hybridized carbons (Fsp3) is 0.875. The number of nitrogens with zero attached hydrogens (tertiary/aromatic N) is 2. The van der Waals surface area contributed by atoms with E-state index in [1.807, 2.05) is 0 Å². The maximum absolute atomic E-state index is 5.91. The highest BCUT2D eigenvalue weighted by molar-refractivity contribution is 5.08. The van der Waals surface area contributed by atoms with Crippen molar-refractivity contribution in [2.75, 3.05) is 7.05 Å². The second-order valence-electron chi connectivity index (χ2n) is 7.03. The van der Waals surface area contributed by atoms with Gasteiger partial charge >= 0.3 is 0 Å². The van der Waals surface area contributed by atoms with Crippen LogP contribution in [0, 0.1) is 0 Å². The Morgan fingerprint density at radius 3 is 2.76 bits per heavy atom. The van der Waals surface area contributed by atoms with Crippen molar-refractivity contribution in [3.63, 3.8) is 0 Å². The minimum Gasteiger partial charge on any atom is -0.374 e. The first-order valence-corrected chi connectivity index (χ1v) is 8.45. The fourth-order valence-electron chi connectivity index (χ4n) is 4.43. The van der Waals surface area contributed by atoms with Gasteiger partial charge in [0.25, 0.3) is 0 Å². The fourth-order valence-corrected chi connectivity index (χ4v) is 4.43. The second kappa shape index (κ2) is 5.36. The lowest BCUT2D eigenvalue weighted by atomic mass is 9.79. The van der Waals surface area contributed by atoms with E-state index >= 15 is 0 Å². The van der Waals surface area contributed by atoms with Crippen molar-refractivity contribution in [3.8, 4) is 0 Å². The van der Waals surface area contributed by atoms with E-state index in [-0.39, 0.29) is 5.54 Å². The molecule has 5 nitrogen and oxygen atoms in total. The number of aromatic nitrogens is 2. The van der Waals surface area contributed by atoms with Gasteiger partial charge in [-0.05, 0) is 39.2 Å². The Balaban J connectivity index is 1.47. The van der Waals surface area contributed by atoms with E-state index in [1.165, 1.54) is 38.5 Å². The van der Waals surface area contributed by atoms with Crippen molar-refractivity contribution in [3.05, 3.63) is 11.7 Å². The Morgan fingerprint density at radius 1 is 1.24 bits per heavy atom. The number of ether oxygens (including phenoxy) is 1. The summed E-state index contributed by atoms with van der Waals surface area (Å²) in [5, 5.41) is 7.77. The van der Waals surface area contributed by atoms with E-state index in [0.717, 1.165) is 31.0 Å². The molecule has 2 bridgehead atoms. The van der Waals surface area contributed by atoms with Crippen molar-refractivity contribution >= 4 is 0 Å². The van der Waals surface area contributed by atoms with E-state index in [0.29, 0.717) is 18.1 Å². The van der Waals surface area contributed by atoms with Crippen LogP contribution in [0.2, 0.25) is 0 Å². The summed E-state index contributed by atoms with van der Waals surface area (Å²) >= 11 is 0. The Hall–Kier alpha value is -0.940. The van der Waals surface area contributed by atoms with Crippen LogP contribution >= 0.6 is 0 Å². The highest BCUT2D eigenvalue weighted by atomic mass is 16.5. The summed E-state index contributed by atoms with van der Waals surface area (Å²) in [5.74, 6) is 2.03. The van der Waals surface area contributed by atoms with Crippen LogP contribution in [-0.4, -0.2) is 34.9 Å². The molecular weight excluding hydrogens is 266 g/mol. The van der Waals surface area contributed by atoms with Crippen LogP contribution in [0.4, 0.5) is 0 Å². The van der Waals surface area contributed by atoms with E-state index < -0.39 is 0 Å². The Bertz CT molecular complexity index is 495. The summed E-state index contributed by atoms with van der Waals surface area (Å²) in [4.78, 5) is 4.70. The van der Waals surface area contributed by atoms with E-state index in [9.17, 15) is 0 Å². The summed E-state index contributed by atoms with van der Waals surface area (Å²) in [6.07, 6.45) is 11.4. The molecule has 5 heteroatoms. The maximum atomic E-state index is 5.91. The number of nitrogens with one attached hydrogen (secondary N) is 1. The molecule has 21 heavy (non-hydrogen) atoms. The highest BCUT2D eigenvalue weighted by Crippen LogP contribution is 2.43. The number of fused-ring (bicyclic) bond motifs is 2. The minimum absolute atomic E-state index is 0.160. The molecule has 4 rings (SSSR count). The van der Waals surface area contributed by atoms with Crippen LogP contribution in [0.15, 0.2) is 4.52 Å². The summed E-state index contributed by atoms with van der Waals surface area (Å²) in [6, 6.07) is 0. The third-order valence-corrected chi connectivity index (χ3v) is 5.75. The number of hydrogen-bond acceptors (Lipinski definition) is 5. The number of likely N-dealkylation sites (N-methyl/N-ethyl adjacent to an activating group) is 1. The standard InChI is InChI=1S/C16H25N3O2/c1-17-16(7-3-2-4-8-16)10-14-18-15(19-21-14)12-9-11-5-6-13(12)20-11/h11-13,17H,2-10H2,1H3. The van der Waals surface area contributed by atoms with Crippen LogP contribution in [0.25, 0.3) is 0 Å². The summed E-state index contributed by atoms with van der Waals surface area (Å²) in [6.45, 7) is 0. The molecule has 3 heterocycles. The molecule has 2 aliphatic heterocycles. The van der Waals surface area contributed by atoms with Crippen LogP contribution in [0.3, 0.4) is 0 Å². The van der Waals surface area contributed by atoms with Gasteiger partial charge in [-0.15, -0.1) is 0 Å². The molecule has 0 spiro atoms. The van der Waals surface area contributed by atoms with E-state index in [1.54, 1.807) is 0 Å². The topological polar surface area (TPSA) is 60.2 Å². The van der Waals surface area contributed by atoms with Crippen molar-refractivity contribution in [2.45, 2.75) is 81.5 Å². The summed E-state index contributed by atoms with van der Waals surface area (Å²) < 4.78 is 11.5. The molecule has 0 amide bonds. The predicted molar refractivity (Wildman–Crippen MR) is 78.1 cm³/mol. The average Bonchev–Trinajstić information content (AvgIpc) is 3.24. The third kappa shape index (κ3) is 2.50. The minimum atomic E-state index is 0.160. The molecule has 3 atom stereocenters. The lowest BCUT2D eigenvalue weighted by Crippen LogP contribution is -2.46. The molecule has 1 aromatic heterocycles. The van der Waals surface area contributed by atoms with Gasteiger partial charge in [-0.2, -0.15) is 4.98 Å². The number of hydrogen-bond donors (Lipinski definition) is 1. The van der Waals surface area contributed by atoms with Crippen LogP contribution in [-0.2, 0) is 11.2 Å². The van der Waals surface area contributed by atoms with E-state index in [2.05, 4.69) is 17.5 Å². The van der Waals surface area contributed by atoms with Gasteiger partial charge in [0, 0.05) is 12.0 Å².